The topological polar surface area (TPSA) is 47.4 Å². The maximum atomic E-state index is 12.7. The molecule has 1 aliphatic heterocycles. The molecular weight excluding hydrogens is 410 g/mol. The molecule has 2 aromatic carbocycles. The number of imidazole rings is 1. The number of hydrogen-bond acceptors (Lipinski definition) is 3. The monoisotopic (exact) mass is 439 g/mol. The number of carbonyl (C=O) groups excluding carboxylic acids is 1. The fourth-order valence-corrected chi connectivity index (χ4v) is 4.41. The predicted molar refractivity (Wildman–Crippen MR) is 125 cm³/mol. The molecule has 1 unspecified atom stereocenters. The second-order valence-corrected chi connectivity index (χ2v) is 9.71. The summed E-state index contributed by atoms with van der Waals surface area (Å²) in [4.78, 5) is 19.6. The lowest BCUT2D eigenvalue weighted by Crippen LogP contribution is -2.42. The van der Waals surface area contributed by atoms with Gasteiger partial charge in [-0.3, -0.25) is 4.79 Å². The molecule has 4 rings (SSSR count). The maximum Gasteiger partial charge on any atom is 0.223 e. The molecule has 31 heavy (non-hydrogen) atoms. The highest BCUT2D eigenvalue weighted by molar-refractivity contribution is 6.31. The van der Waals surface area contributed by atoms with Crippen LogP contribution >= 0.6 is 11.6 Å². The van der Waals surface area contributed by atoms with Crippen molar-refractivity contribution in [3.63, 3.8) is 0 Å². The number of nitrogens with zero attached hydrogens (tertiary/aromatic N) is 3. The molecule has 0 saturated carbocycles. The Morgan fingerprint density at radius 1 is 1.19 bits per heavy atom. The van der Waals surface area contributed by atoms with E-state index < -0.39 is 0 Å². The van der Waals surface area contributed by atoms with Gasteiger partial charge in [0.1, 0.15) is 11.6 Å². The number of likely N-dealkylation sites (tertiary alicyclic amines) is 1. The quantitative estimate of drug-likeness (QED) is 0.471. The minimum Gasteiger partial charge on any atom is -0.494 e. The summed E-state index contributed by atoms with van der Waals surface area (Å²) in [6.07, 6.45) is 1.36. The van der Waals surface area contributed by atoms with E-state index in [1.165, 1.54) is 0 Å². The summed E-state index contributed by atoms with van der Waals surface area (Å²) in [5.74, 6) is 2.15. The number of carbonyl (C=O) groups is 1. The summed E-state index contributed by atoms with van der Waals surface area (Å²) in [7, 11) is 0. The number of rotatable bonds is 6. The highest BCUT2D eigenvalue weighted by atomic mass is 35.5. The average Bonchev–Trinajstić information content (AvgIpc) is 3.28. The van der Waals surface area contributed by atoms with E-state index in [4.69, 9.17) is 21.3 Å². The summed E-state index contributed by atoms with van der Waals surface area (Å²) < 4.78 is 8.22. The number of fused-ring (bicyclic) bond motifs is 1. The lowest BCUT2D eigenvalue weighted by Gasteiger charge is -2.32. The molecule has 0 radical (unpaired) electrons. The Kier molecular flexibility index (Phi) is 5.98. The van der Waals surface area contributed by atoms with E-state index in [9.17, 15) is 4.79 Å². The fraction of sp³-hybridized carbons (Fsp3) is 0.440. The minimum atomic E-state index is -0.173. The molecule has 1 fully saturated rings. The number of aromatic nitrogens is 2. The molecule has 1 amide bonds. The van der Waals surface area contributed by atoms with E-state index in [0.717, 1.165) is 46.2 Å². The van der Waals surface area contributed by atoms with E-state index in [0.29, 0.717) is 19.6 Å². The normalized spacial score (nSPS) is 17.0. The summed E-state index contributed by atoms with van der Waals surface area (Å²) in [6, 6.07) is 13.9. The zero-order chi connectivity index (χ0) is 22.2. The first-order valence-corrected chi connectivity index (χ1v) is 11.3. The van der Waals surface area contributed by atoms with Crippen molar-refractivity contribution in [2.45, 2.75) is 58.5 Å². The third-order valence-electron chi connectivity index (χ3n) is 5.91. The summed E-state index contributed by atoms with van der Waals surface area (Å²) >= 11 is 6.10. The average molecular weight is 440 g/mol. The molecule has 1 atom stereocenters. The number of halogens is 1. The highest BCUT2D eigenvalue weighted by Crippen LogP contribution is 2.34. The van der Waals surface area contributed by atoms with Gasteiger partial charge in [0.15, 0.2) is 0 Å². The Balaban J connectivity index is 1.50. The van der Waals surface area contributed by atoms with Gasteiger partial charge in [0.25, 0.3) is 0 Å². The van der Waals surface area contributed by atoms with Crippen LogP contribution in [0.25, 0.3) is 11.0 Å². The number of ether oxygens (including phenoxy) is 1. The van der Waals surface area contributed by atoms with E-state index in [-0.39, 0.29) is 17.4 Å². The molecule has 3 aromatic rings. The van der Waals surface area contributed by atoms with Gasteiger partial charge in [-0.05, 0) is 70.0 Å². The van der Waals surface area contributed by atoms with E-state index in [1.54, 1.807) is 0 Å². The standard InChI is InChI=1S/C25H30ClN3O2/c1-17-14-19(10-11-20(17)26)31-13-7-12-28-22-9-6-5-8-21(22)27-24(28)18-15-23(30)29(16-18)25(2,3)4/h5-6,8-11,14,18H,7,12-13,15-16H2,1-4H3. The maximum absolute atomic E-state index is 12.7. The minimum absolute atomic E-state index is 0.110. The zero-order valence-corrected chi connectivity index (χ0v) is 19.4. The van der Waals surface area contributed by atoms with E-state index in [1.807, 2.05) is 48.2 Å². The first-order valence-electron chi connectivity index (χ1n) is 10.9. The van der Waals surface area contributed by atoms with Gasteiger partial charge in [-0.2, -0.15) is 0 Å². The van der Waals surface area contributed by atoms with Crippen molar-refractivity contribution in [2.24, 2.45) is 0 Å². The molecule has 0 N–H and O–H groups in total. The van der Waals surface area contributed by atoms with Crippen LogP contribution in [0.2, 0.25) is 5.02 Å². The van der Waals surface area contributed by atoms with Crippen LogP contribution < -0.4 is 4.74 Å². The van der Waals surface area contributed by atoms with Crippen LogP contribution in [0.5, 0.6) is 5.75 Å². The van der Waals surface area contributed by atoms with E-state index in [2.05, 4.69) is 31.4 Å². The first-order chi connectivity index (χ1) is 14.7. The zero-order valence-electron chi connectivity index (χ0n) is 18.7. The summed E-state index contributed by atoms with van der Waals surface area (Å²) in [5.41, 5.74) is 2.93. The van der Waals surface area contributed by atoms with Gasteiger partial charge in [-0.1, -0.05) is 23.7 Å². The van der Waals surface area contributed by atoms with Crippen LogP contribution in [0.4, 0.5) is 0 Å². The lowest BCUT2D eigenvalue weighted by molar-refractivity contribution is -0.131. The number of benzene rings is 2. The summed E-state index contributed by atoms with van der Waals surface area (Å²) in [6.45, 7) is 10.4. The van der Waals surface area contributed by atoms with Gasteiger partial charge in [-0.25, -0.2) is 4.98 Å². The van der Waals surface area contributed by atoms with Crippen molar-refractivity contribution >= 4 is 28.5 Å². The Bertz CT molecular complexity index is 1100. The largest absolute Gasteiger partial charge is 0.494 e. The predicted octanol–water partition coefficient (Wildman–Crippen LogP) is 5.58. The molecular formula is C25H30ClN3O2. The third kappa shape index (κ3) is 4.57. The molecule has 0 spiro atoms. The van der Waals surface area contributed by atoms with Crippen molar-refractivity contribution in [2.75, 3.05) is 13.2 Å². The van der Waals surface area contributed by atoms with Crippen molar-refractivity contribution in [1.82, 2.24) is 14.5 Å². The molecule has 1 saturated heterocycles. The van der Waals surface area contributed by atoms with Crippen LogP contribution in [0, 0.1) is 6.92 Å². The van der Waals surface area contributed by atoms with Crippen molar-refractivity contribution < 1.29 is 9.53 Å². The van der Waals surface area contributed by atoms with Crippen molar-refractivity contribution in [3.05, 3.63) is 58.9 Å². The first kappa shape index (κ1) is 21.7. The van der Waals surface area contributed by atoms with Crippen LogP contribution in [0.1, 0.15) is 50.9 Å². The fourth-order valence-electron chi connectivity index (χ4n) is 4.29. The van der Waals surface area contributed by atoms with Crippen molar-refractivity contribution in [1.29, 1.82) is 0 Å². The molecule has 1 aliphatic rings. The Hall–Kier alpha value is -2.53. The lowest BCUT2D eigenvalue weighted by atomic mass is 10.1. The van der Waals surface area contributed by atoms with E-state index >= 15 is 0 Å². The van der Waals surface area contributed by atoms with Gasteiger partial charge in [0.2, 0.25) is 5.91 Å². The molecule has 0 aliphatic carbocycles. The Labute approximate surface area is 189 Å². The smallest absolute Gasteiger partial charge is 0.223 e. The van der Waals surface area contributed by atoms with Gasteiger partial charge < -0.3 is 14.2 Å². The van der Waals surface area contributed by atoms with Crippen LogP contribution in [-0.4, -0.2) is 39.0 Å². The molecule has 5 nitrogen and oxygen atoms in total. The Morgan fingerprint density at radius 2 is 1.97 bits per heavy atom. The van der Waals surface area contributed by atoms with Gasteiger partial charge in [0.05, 0.1) is 17.6 Å². The highest BCUT2D eigenvalue weighted by Gasteiger charge is 2.38. The third-order valence-corrected chi connectivity index (χ3v) is 6.33. The molecule has 2 heterocycles. The number of amides is 1. The van der Waals surface area contributed by atoms with Gasteiger partial charge in [-0.15, -0.1) is 0 Å². The summed E-state index contributed by atoms with van der Waals surface area (Å²) in [5, 5.41) is 0.747. The van der Waals surface area contributed by atoms with Crippen molar-refractivity contribution in [3.8, 4) is 5.75 Å². The van der Waals surface area contributed by atoms with Crippen LogP contribution in [0.3, 0.4) is 0 Å². The molecule has 1 aromatic heterocycles. The van der Waals surface area contributed by atoms with Crippen LogP contribution in [0.15, 0.2) is 42.5 Å². The second-order valence-electron chi connectivity index (χ2n) is 9.30. The SMILES string of the molecule is Cc1cc(OCCCn2c(C3CC(=O)N(C(C)(C)C)C3)nc3ccccc32)ccc1Cl. The molecule has 164 valence electrons. The number of aryl methyl sites for hydroxylation is 2. The second kappa shape index (κ2) is 8.54. The molecule has 0 bridgehead atoms. The van der Waals surface area contributed by atoms with Gasteiger partial charge in [0, 0.05) is 36.0 Å². The molecule has 6 heteroatoms. The number of hydrogen-bond donors (Lipinski definition) is 0. The van der Waals surface area contributed by atoms with Crippen LogP contribution in [-0.2, 0) is 11.3 Å². The Morgan fingerprint density at radius 3 is 2.68 bits per heavy atom. The van der Waals surface area contributed by atoms with Gasteiger partial charge >= 0.3 is 0 Å². The number of para-hydroxylation sites is 2.